The van der Waals surface area contributed by atoms with E-state index in [-0.39, 0.29) is 0 Å². The standard InChI is InChI=1S/C17H26O2/c1-3-14-8-10-15(11-9-14)16(18)12-19-17-7-5-4-6-13(17)2/h8-11,13,16-18H,3-7,12H2,1-2H3. The molecule has 0 heterocycles. The number of hydrogen-bond acceptors (Lipinski definition) is 2. The van der Waals surface area contributed by atoms with Crippen molar-refractivity contribution in [3.05, 3.63) is 35.4 Å². The molecule has 1 aromatic rings. The van der Waals surface area contributed by atoms with Crippen LogP contribution in [0.4, 0.5) is 0 Å². The van der Waals surface area contributed by atoms with Gasteiger partial charge in [-0.25, -0.2) is 0 Å². The quantitative estimate of drug-likeness (QED) is 0.872. The Morgan fingerprint density at radius 3 is 2.53 bits per heavy atom. The van der Waals surface area contributed by atoms with Crippen molar-refractivity contribution in [2.75, 3.05) is 6.61 Å². The van der Waals surface area contributed by atoms with Gasteiger partial charge in [-0.05, 0) is 36.3 Å². The smallest absolute Gasteiger partial charge is 0.102 e. The minimum Gasteiger partial charge on any atom is -0.386 e. The fourth-order valence-corrected chi connectivity index (χ4v) is 2.82. The summed E-state index contributed by atoms with van der Waals surface area (Å²) < 4.78 is 5.92. The first-order valence-corrected chi connectivity index (χ1v) is 7.59. The molecule has 0 amide bonds. The molecule has 106 valence electrons. The van der Waals surface area contributed by atoms with E-state index in [1.807, 2.05) is 12.1 Å². The molecule has 1 fully saturated rings. The average molecular weight is 262 g/mol. The molecule has 0 aliphatic heterocycles. The van der Waals surface area contributed by atoms with E-state index in [9.17, 15) is 5.11 Å². The van der Waals surface area contributed by atoms with Gasteiger partial charge in [-0.15, -0.1) is 0 Å². The van der Waals surface area contributed by atoms with Gasteiger partial charge in [0.1, 0.15) is 6.10 Å². The summed E-state index contributed by atoms with van der Waals surface area (Å²) in [6.45, 7) is 4.81. The van der Waals surface area contributed by atoms with Crippen molar-refractivity contribution in [1.29, 1.82) is 0 Å². The normalized spacial score (nSPS) is 25.2. The Bertz CT molecular complexity index is 371. The van der Waals surface area contributed by atoms with Gasteiger partial charge in [0, 0.05) is 0 Å². The SMILES string of the molecule is CCc1ccc(C(O)COC2CCCCC2C)cc1. The molecule has 1 aliphatic rings. The highest BCUT2D eigenvalue weighted by molar-refractivity contribution is 5.24. The van der Waals surface area contributed by atoms with Gasteiger partial charge in [0.25, 0.3) is 0 Å². The first-order chi connectivity index (χ1) is 9.20. The van der Waals surface area contributed by atoms with Crippen LogP contribution in [-0.2, 0) is 11.2 Å². The molecule has 1 saturated carbocycles. The second-order valence-electron chi connectivity index (χ2n) is 5.74. The lowest BCUT2D eigenvalue weighted by Gasteiger charge is -2.29. The molecule has 0 aromatic heterocycles. The molecule has 3 unspecified atom stereocenters. The van der Waals surface area contributed by atoms with E-state index >= 15 is 0 Å². The van der Waals surface area contributed by atoms with Gasteiger partial charge in [-0.1, -0.05) is 51.0 Å². The van der Waals surface area contributed by atoms with E-state index in [1.165, 1.54) is 24.8 Å². The maximum atomic E-state index is 10.2. The second kappa shape index (κ2) is 7.06. The van der Waals surface area contributed by atoms with E-state index in [2.05, 4.69) is 26.0 Å². The van der Waals surface area contributed by atoms with Crippen LogP contribution in [0, 0.1) is 5.92 Å². The molecule has 1 aliphatic carbocycles. The van der Waals surface area contributed by atoms with E-state index < -0.39 is 6.10 Å². The zero-order chi connectivity index (χ0) is 13.7. The highest BCUT2D eigenvalue weighted by Gasteiger charge is 2.22. The van der Waals surface area contributed by atoms with Gasteiger partial charge in [-0.2, -0.15) is 0 Å². The zero-order valence-electron chi connectivity index (χ0n) is 12.1. The van der Waals surface area contributed by atoms with E-state index in [0.29, 0.717) is 18.6 Å². The van der Waals surface area contributed by atoms with E-state index in [1.54, 1.807) is 0 Å². The van der Waals surface area contributed by atoms with Crippen LogP contribution < -0.4 is 0 Å². The summed E-state index contributed by atoms with van der Waals surface area (Å²) in [7, 11) is 0. The molecule has 2 rings (SSSR count). The van der Waals surface area contributed by atoms with Crippen LogP contribution in [0.1, 0.15) is 56.8 Å². The molecule has 0 saturated heterocycles. The summed E-state index contributed by atoms with van der Waals surface area (Å²) in [5.41, 5.74) is 2.26. The number of hydrogen-bond donors (Lipinski definition) is 1. The lowest BCUT2D eigenvalue weighted by Crippen LogP contribution is -2.27. The molecule has 1 N–H and O–H groups in total. The highest BCUT2D eigenvalue weighted by Crippen LogP contribution is 2.27. The predicted octanol–water partition coefficient (Wildman–Crippen LogP) is 3.88. The third-order valence-corrected chi connectivity index (χ3v) is 4.27. The molecular formula is C17H26O2. The van der Waals surface area contributed by atoms with Crippen LogP contribution in [0.5, 0.6) is 0 Å². The first-order valence-electron chi connectivity index (χ1n) is 7.59. The fourth-order valence-electron chi connectivity index (χ4n) is 2.82. The summed E-state index contributed by atoms with van der Waals surface area (Å²) in [6.07, 6.45) is 5.85. The molecule has 2 nitrogen and oxygen atoms in total. The van der Waals surface area contributed by atoms with Crippen molar-refractivity contribution in [2.24, 2.45) is 5.92 Å². The van der Waals surface area contributed by atoms with Gasteiger partial charge in [0.05, 0.1) is 12.7 Å². The third kappa shape index (κ3) is 4.05. The van der Waals surface area contributed by atoms with Crippen LogP contribution in [-0.4, -0.2) is 17.8 Å². The van der Waals surface area contributed by atoms with Gasteiger partial charge >= 0.3 is 0 Å². The Morgan fingerprint density at radius 2 is 1.89 bits per heavy atom. The number of aliphatic hydroxyl groups excluding tert-OH is 1. The lowest BCUT2D eigenvalue weighted by molar-refractivity contribution is -0.0467. The minimum atomic E-state index is -0.500. The van der Waals surface area contributed by atoms with Crippen LogP contribution in [0.3, 0.4) is 0 Å². The Labute approximate surface area is 116 Å². The molecule has 2 heteroatoms. The number of benzene rings is 1. The van der Waals surface area contributed by atoms with E-state index in [0.717, 1.165) is 18.4 Å². The molecule has 3 atom stereocenters. The zero-order valence-corrected chi connectivity index (χ0v) is 12.1. The number of rotatable bonds is 5. The van der Waals surface area contributed by atoms with Gasteiger partial charge in [-0.3, -0.25) is 0 Å². The minimum absolute atomic E-state index is 0.332. The Kier molecular flexibility index (Phi) is 5.41. The molecular weight excluding hydrogens is 236 g/mol. The lowest BCUT2D eigenvalue weighted by atomic mass is 9.88. The van der Waals surface area contributed by atoms with Crippen LogP contribution in [0.15, 0.2) is 24.3 Å². The molecule has 0 bridgehead atoms. The molecule has 19 heavy (non-hydrogen) atoms. The number of ether oxygens (including phenoxy) is 1. The first kappa shape index (κ1) is 14.5. The van der Waals surface area contributed by atoms with Crippen molar-refractivity contribution < 1.29 is 9.84 Å². The van der Waals surface area contributed by atoms with Gasteiger partial charge in [0.15, 0.2) is 0 Å². The summed E-state index contributed by atoms with van der Waals surface area (Å²) >= 11 is 0. The van der Waals surface area contributed by atoms with Crippen molar-refractivity contribution in [1.82, 2.24) is 0 Å². The average Bonchev–Trinajstić information content (AvgIpc) is 2.46. The molecule has 0 spiro atoms. The Morgan fingerprint density at radius 1 is 1.21 bits per heavy atom. The topological polar surface area (TPSA) is 29.5 Å². The van der Waals surface area contributed by atoms with Crippen LogP contribution >= 0.6 is 0 Å². The second-order valence-corrected chi connectivity index (χ2v) is 5.74. The Balaban J connectivity index is 1.84. The number of aryl methyl sites for hydroxylation is 1. The maximum Gasteiger partial charge on any atom is 0.102 e. The molecule has 1 aromatic carbocycles. The maximum absolute atomic E-state index is 10.2. The van der Waals surface area contributed by atoms with Crippen molar-refractivity contribution >= 4 is 0 Å². The van der Waals surface area contributed by atoms with Crippen LogP contribution in [0.25, 0.3) is 0 Å². The van der Waals surface area contributed by atoms with Crippen LogP contribution in [0.2, 0.25) is 0 Å². The summed E-state index contributed by atoms with van der Waals surface area (Å²) in [5, 5.41) is 10.2. The number of aliphatic hydroxyl groups is 1. The largest absolute Gasteiger partial charge is 0.386 e. The van der Waals surface area contributed by atoms with Gasteiger partial charge in [0.2, 0.25) is 0 Å². The van der Waals surface area contributed by atoms with Gasteiger partial charge < -0.3 is 9.84 Å². The summed E-state index contributed by atoms with van der Waals surface area (Å²) in [6, 6.07) is 8.19. The summed E-state index contributed by atoms with van der Waals surface area (Å²) in [4.78, 5) is 0. The predicted molar refractivity (Wildman–Crippen MR) is 78.2 cm³/mol. The van der Waals surface area contributed by atoms with E-state index in [4.69, 9.17) is 4.74 Å². The van der Waals surface area contributed by atoms with Crippen molar-refractivity contribution in [3.63, 3.8) is 0 Å². The van der Waals surface area contributed by atoms with Crippen molar-refractivity contribution in [2.45, 2.75) is 58.2 Å². The molecule has 0 radical (unpaired) electrons. The fraction of sp³-hybridized carbons (Fsp3) is 0.647. The highest BCUT2D eigenvalue weighted by atomic mass is 16.5. The Hall–Kier alpha value is -0.860. The summed E-state index contributed by atoms with van der Waals surface area (Å²) in [5.74, 6) is 0.628. The van der Waals surface area contributed by atoms with Crippen molar-refractivity contribution in [3.8, 4) is 0 Å². The third-order valence-electron chi connectivity index (χ3n) is 4.27. The monoisotopic (exact) mass is 262 g/mol.